The Morgan fingerprint density at radius 2 is 2.00 bits per heavy atom. The summed E-state index contributed by atoms with van der Waals surface area (Å²) in [5, 5.41) is 16.4. The van der Waals surface area contributed by atoms with Crippen LogP contribution in [-0.2, 0) is 4.79 Å². The summed E-state index contributed by atoms with van der Waals surface area (Å²) < 4.78 is 54.2. The van der Waals surface area contributed by atoms with Crippen LogP contribution >= 0.6 is 0 Å². The molecule has 4 N–H and O–H groups in total. The van der Waals surface area contributed by atoms with Crippen LogP contribution < -0.4 is 41.7 Å². The Morgan fingerprint density at radius 3 is 2.63 bits per heavy atom. The molecule has 0 bridgehead atoms. The molecule has 1 atom stereocenters. The van der Waals surface area contributed by atoms with Gasteiger partial charge in [0, 0.05) is 0 Å². The van der Waals surface area contributed by atoms with Gasteiger partial charge in [0.25, 0.3) is 0 Å². The Kier molecular flexibility index (Phi) is 11.4. The molecule has 0 radical (unpaired) electrons. The minimum absolute atomic E-state index is 0.0423. The summed E-state index contributed by atoms with van der Waals surface area (Å²) in [6.45, 7) is 0.551. The fourth-order valence-corrected chi connectivity index (χ4v) is 5.18. The van der Waals surface area contributed by atoms with E-state index in [9.17, 15) is 13.6 Å². The first kappa shape index (κ1) is 31.3. The van der Waals surface area contributed by atoms with Gasteiger partial charge in [-0.3, -0.25) is 0 Å². The van der Waals surface area contributed by atoms with Crippen LogP contribution in [0.15, 0.2) is 73.9 Å². The SMILES string of the molecule is CN=CC(=O)N(/N=C(\C)C(Nc1ccc(C(=N)N)cc1)c1cc(OC)cc(OCC(F)F)c1F)C1=NC=CC=C[I-]1. The number of nitrogens with zero attached hydrogens (tertiary/aromatic N) is 4. The summed E-state index contributed by atoms with van der Waals surface area (Å²) in [6.07, 6.45) is 3.34. The van der Waals surface area contributed by atoms with Gasteiger partial charge in [-0.05, 0) is 0 Å². The molecule has 1 amide bonds. The number of amidine groups is 2. The third-order valence-electron chi connectivity index (χ3n) is 5.37. The molecule has 0 aromatic heterocycles. The van der Waals surface area contributed by atoms with E-state index in [0.29, 0.717) is 15.1 Å². The maximum atomic E-state index is 15.8. The molecule has 1 heterocycles. The number of nitrogens with one attached hydrogen (secondary N) is 2. The molecule has 2 aromatic rings. The standard InChI is InChI=1S/C27H28F3IN7O3/c1-16(37-38(23(39)14-34-2)27-31-10-4-5-11-35-27)25(36-18-8-6-17(7-9-18)26(32)33)20-12-19(40-3)13-21(24(20)30)41-15-22(28)29/h4-14,22,25,36H,15H2,1-3H3,(H3,32,33)/q-1/b34-14?,37-16+. The van der Waals surface area contributed by atoms with Crippen molar-refractivity contribution in [1.29, 1.82) is 5.41 Å². The maximum absolute atomic E-state index is 15.8. The Morgan fingerprint density at radius 1 is 1.27 bits per heavy atom. The quantitative estimate of drug-likeness (QED) is 0.108. The summed E-state index contributed by atoms with van der Waals surface area (Å²) in [5.74, 6) is -1.90. The van der Waals surface area contributed by atoms with Crippen LogP contribution in [0.2, 0.25) is 0 Å². The van der Waals surface area contributed by atoms with Gasteiger partial charge in [-0.15, -0.1) is 0 Å². The number of nitrogen functional groups attached to an aromatic ring is 1. The van der Waals surface area contributed by atoms with Crippen LogP contribution in [-0.4, -0.2) is 59.7 Å². The van der Waals surface area contributed by atoms with Crippen molar-refractivity contribution in [3.05, 3.63) is 75.8 Å². The first-order chi connectivity index (χ1) is 19.6. The summed E-state index contributed by atoms with van der Waals surface area (Å²) >= 11 is -0.856. The molecule has 0 aliphatic carbocycles. The van der Waals surface area contributed by atoms with Gasteiger partial charge in [0.2, 0.25) is 0 Å². The van der Waals surface area contributed by atoms with E-state index in [-0.39, 0.29) is 22.9 Å². The number of rotatable bonds is 11. The van der Waals surface area contributed by atoms with E-state index in [0.717, 1.165) is 11.2 Å². The van der Waals surface area contributed by atoms with Gasteiger partial charge < -0.3 is 0 Å². The van der Waals surface area contributed by atoms with Crippen molar-refractivity contribution in [3.8, 4) is 11.5 Å². The van der Waals surface area contributed by atoms with Crippen LogP contribution in [0.3, 0.4) is 0 Å². The number of hydrogen-bond donors (Lipinski definition) is 3. The molecule has 10 nitrogen and oxygen atoms in total. The minimum atomic E-state index is -2.83. The van der Waals surface area contributed by atoms with Gasteiger partial charge >= 0.3 is 246 Å². The van der Waals surface area contributed by atoms with Crippen molar-refractivity contribution in [3.63, 3.8) is 0 Å². The van der Waals surface area contributed by atoms with E-state index in [1.807, 2.05) is 10.2 Å². The number of methoxy groups -OCH3 is 1. The zero-order valence-electron chi connectivity index (χ0n) is 22.3. The Labute approximate surface area is 245 Å². The van der Waals surface area contributed by atoms with E-state index in [1.165, 1.54) is 32.5 Å². The number of nitrogens with two attached hydrogens (primary N) is 1. The average Bonchev–Trinajstić information content (AvgIpc) is 3.24. The number of ether oxygens (including phenoxy) is 2. The van der Waals surface area contributed by atoms with E-state index >= 15 is 4.39 Å². The molecule has 0 spiro atoms. The molecule has 14 heteroatoms. The molecule has 1 aliphatic rings. The van der Waals surface area contributed by atoms with Crippen molar-refractivity contribution in [2.75, 3.05) is 26.1 Å². The summed E-state index contributed by atoms with van der Waals surface area (Å²) in [5.41, 5.74) is 6.70. The van der Waals surface area contributed by atoms with E-state index in [1.54, 1.807) is 37.3 Å². The molecular weight excluding hydrogens is 654 g/mol. The Balaban J connectivity index is 2.17. The van der Waals surface area contributed by atoms with Gasteiger partial charge in [-0.2, -0.15) is 0 Å². The van der Waals surface area contributed by atoms with E-state index in [4.69, 9.17) is 20.6 Å². The van der Waals surface area contributed by atoms with Gasteiger partial charge in [0.05, 0.1) is 0 Å². The monoisotopic (exact) mass is 682 g/mol. The van der Waals surface area contributed by atoms with Crippen molar-refractivity contribution in [2.24, 2.45) is 20.8 Å². The molecule has 0 saturated carbocycles. The molecule has 0 fully saturated rings. The van der Waals surface area contributed by atoms with Crippen molar-refractivity contribution >= 4 is 33.2 Å². The summed E-state index contributed by atoms with van der Waals surface area (Å²) in [6, 6.07) is 7.97. The number of allylic oxidation sites excluding steroid dienone is 2. The van der Waals surface area contributed by atoms with Crippen molar-refractivity contribution in [1.82, 2.24) is 5.01 Å². The van der Waals surface area contributed by atoms with Crippen LogP contribution in [0.5, 0.6) is 11.5 Å². The second kappa shape index (κ2) is 15.0. The van der Waals surface area contributed by atoms with Crippen molar-refractivity contribution < 1.29 is 48.6 Å². The van der Waals surface area contributed by atoms with Gasteiger partial charge in [-0.1, -0.05) is 0 Å². The van der Waals surface area contributed by atoms with Gasteiger partial charge in [-0.25, -0.2) is 0 Å². The van der Waals surface area contributed by atoms with Crippen LogP contribution in [0.1, 0.15) is 24.1 Å². The summed E-state index contributed by atoms with van der Waals surface area (Å²) in [4.78, 5) is 21.1. The Bertz CT molecular complexity index is 1410. The molecule has 2 aromatic carbocycles. The van der Waals surface area contributed by atoms with Crippen LogP contribution in [0.25, 0.3) is 0 Å². The Hall–Kier alpha value is -4.21. The van der Waals surface area contributed by atoms with E-state index < -0.39 is 57.8 Å². The second-order valence-electron chi connectivity index (χ2n) is 8.25. The number of benzene rings is 2. The number of alkyl halides is 2. The number of amides is 1. The third kappa shape index (κ3) is 8.64. The predicted octanol–water partition coefficient (Wildman–Crippen LogP) is 1.31. The molecule has 1 aliphatic heterocycles. The first-order valence-electron chi connectivity index (χ1n) is 12.0. The van der Waals surface area contributed by atoms with Gasteiger partial charge in [0.1, 0.15) is 0 Å². The van der Waals surface area contributed by atoms with Crippen LogP contribution in [0.4, 0.5) is 18.9 Å². The topological polar surface area (TPSA) is 138 Å². The fraction of sp³-hybridized carbons (Fsp3) is 0.222. The average molecular weight is 682 g/mol. The normalized spacial score (nSPS) is 14.2. The second-order valence-corrected chi connectivity index (χ2v) is 10.6. The van der Waals surface area contributed by atoms with Crippen molar-refractivity contribution in [2.45, 2.75) is 19.4 Å². The number of hydrogen-bond acceptors (Lipinski definition) is 8. The first-order valence-corrected chi connectivity index (χ1v) is 14.3. The number of carbonyl (C=O) groups is 1. The fourth-order valence-electron chi connectivity index (χ4n) is 3.48. The number of aliphatic imine (C=N–C) groups is 2. The van der Waals surface area contributed by atoms with Crippen LogP contribution in [0, 0.1) is 11.2 Å². The zero-order chi connectivity index (χ0) is 29.9. The zero-order valence-corrected chi connectivity index (χ0v) is 24.5. The number of halogens is 4. The number of hydrazone groups is 1. The molecule has 1 unspecified atom stereocenters. The molecule has 41 heavy (non-hydrogen) atoms. The summed E-state index contributed by atoms with van der Waals surface area (Å²) in [7, 11) is 2.79. The van der Waals surface area contributed by atoms with E-state index in [2.05, 4.69) is 20.4 Å². The molecule has 3 rings (SSSR count). The molecule has 218 valence electrons. The number of carbonyl (C=O) groups excluding carboxylic acids is 1. The van der Waals surface area contributed by atoms with Gasteiger partial charge in [0.15, 0.2) is 0 Å². The third-order valence-corrected chi connectivity index (χ3v) is 7.44. The predicted molar refractivity (Wildman–Crippen MR) is 148 cm³/mol. The molecule has 0 saturated heterocycles. The number of anilines is 1. The molecular formula is C27H28F3IN7O3-.